The normalized spacial score (nSPS) is 11.0. The summed E-state index contributed by atoms with van der Waals surface area (Å²) in [5, 5.41) is 20.3. The summed E-state index contributed by atoms with van der Waals surface area (Å²) in [5.41, 5.74) is 2.62. The number of hydrogen-bond donors (Lipinski definition) is 2. The highest BCUT2D eigenvalue weighted by Crippen LogP contribution is 2.35. The Morgan fingerprint density at radius 2 is 1.56 bits per heavy atom. The lowest BCUT2D eigenvalue weighted by Crippen LogP contribution is -1.82. The molecule has 0 aliphatic heterocycles. The number of rotatable bonds is 4. The monoisotopic (exact) mass is 348 g/mol. The Morgan fingerprint density at radius 1 is 0.800 bits per heavy atom. The Bertz CT molecular complexity index is 1000. The van der Waals surface area contributed by atoms with Crippen LogP contribution in [0.15, 0.2) is 82.1 Å². The van der Waals surface area contributed by atoms with E-state index in [0.717, 1.165) is 22.1 Å². The van der Waals surface area contributed by atoms with Crippen LogP contribution in [0.3, 0.4) is 0 Å². The third kappa shape index (κ3) is 3.35. The first-order chi connectivity index (χ1) is 12.2. The van der Waals surface area contributed by atoms with E-state index in [2.05, 4.69) is 12.1 Å². The molecule has 0 fully saturated rings. The van der Waals surface area contributed by atoms with E-state index in [4.69, 9.17) is 4.42 Å². The van der Waals surface area contributed by atoms with Gasteiger partial charge < -0.3 is 14.6 Å². The average Bonchev–Trinajstić information content (AvgIpc) is 3.05. The number of hydrogen-bond acceptors (Lipinski definition) is 4. The number of aromatic hydroxyl groups is 2. The van der Waals surface area contributed by atoms with E-state index in [1.165, 1.54) is 4.90 Å². The van der Waals surface area contributed by atoms with Gasteiger partial charge in [-0.2, -0.15) is 0 Å². The molecule has 2 N–H and O–H groups in total. The molecule has 0 aliphatic rings. The third-order valence-corrected chi connectivity index (χ3v) is 5.03. The van der Waals surface area contributed by atoms with Crippen molar-refractivity contribution in [3.63, 3.8) is 0 Å². The fraction of sp³-hybridized carbons (Fsp3) is 0.0476. The van der Waals surface area contributed by atoms with Gasteiger partial charge in [0.1, 0.15) is 22.8 Å². The number of furan rings is 1. The molecule has 0 unspecified atom stereocenters. The van der Waals surface area contributed by atoms with Crippen LogP contribution >= 0.6 is 11.8 Å². The smallest absolute Gasteiger partial charge is 0.139 e. The summed E-state index contributed by atoms with van der Waals surface area (Å²) in [5.74, 6) is 1.87. The largest absolute Gasteiger partial charge is 0.508 e. The summed E-state index contributed by atoms with van der Waals surface area (Å²) in [6, 6.07) is 22.4. The van der Waals surface area contributed by atoms with Gasteiger partial charge in [0.25, 0.3) is 0 Å². The van der Waals surface area contributed by atoms with Crippen molar-refractivity contribution in [1.82, 2.24) is 0 Å². The molecular weight excluding hydrogens is 332 g/mol. The summed E-state index contributed by atoms with van der Waals surface area (Å²) in [4.78, 5) is 1.17. The van der Waals surface area contributed by atoms with Gasteiger partial charge in [0.2, 0.25) is 0 Å². The molecule has 4 heteroatoms. The van der Waals surface area contributed by atoms with Crippen LogP contribution in [0.2, 0.25) is 0 Å². The van der Waals surface area contributed by atoms with Crippen molar-refractivity contribution in [1.29, 1.82) is 0 Å². The molecule has 0 saturated heterocycles. The predicted molar refractivity (Wildman–Crippen MR) is 101 cm³/mol. The van der Waals surface area contributed by atoms with Crippen LogP contribution < -0.4 is 0 Å². The zero-order valence-electron chi connectivity index (χ0n) is 13.3. The molecule has 0 bridgehead atoms. The van der Waals surface area contributed by atoms with Crippen LogP contribution in [-0.4, -0.2) is 10.2 Å². The molecule has 4 rings (SSSR count). The van der Waals surface area contributed by atoms with Gasteiger partial charge in [0, 0.05) is 27.2 Å². The number of phenols is 2. The third-order valence-electron chi connectivity index (χ3n) is 3.97. The first-order valence-corrected chi connectivity index (χ1v) is 8.90. The van der Waals surface area contributed by atoms with E-state index in [9.17, 15) is 10.2 Å². The van der Waals surface area contributed by atoms with Gasteiger partial charge in [-0.1, -0.05) is 18.2 Å². The van der Waals surface area contributed by atoms with Crippen molar-refractivity contribution in [2.75, 3.05) is 0 Å². The van der Waals surface area contributed by atoms with Gasteiger partial charge >= 0.3 is 0 Å². The zero-order valence-corrected chi connectivity index (χ0v) is 14.2. The molecule has 0 aliphatic carbocycles. The van der Waals surface area contributed by atoms with E-state index in [-0.39, 0.29) is 11.5 Å². The van der Waals surface area contributed by atoms with E-state index in [1.54, 1.807) is 36.0 Å². The Labute approximate surface area is 149 Å². The number of phenolic OH excluding ortho intramolecular Hbond substituents is 2. The molecule has 25 heavy (non-hydrogen) atoms. The molecule has 4 aromatic rings. The summed E-state index contributed by atoms with van der Waals surface area (Å²) in [6.45, 7) is 0. The van der Waals surface area contributed by atoms with Crippen molar-refractivity contribution in [2.24, 2.45) is 0 Å². The van der Waals surface area contributed by atoms with Gasteiger partial charge in [0.15, 0.2) is 0 Å². The van der Waals surface area contributed by atoms with Crippen LogP contribution in [0, 0.1) is 0 Å². The summed E-state index contributed by atoms with van der Waals surface area (Å²) >= 11 is 1.70. The van der Waals surface area contributed by atoms with Gasteiger partial charge in [-0.3, -0.25) is 0 Å². The fourth-order valence-corrected chi connectivity index (χ4v) is 3.65. The molecule has 1 heterocycles. The highest BCUT2D eigenvalue weighted by atomic mass is 32.2. The second kappa shape index (κ2) is 6.57. The van der Waals surface area contributed by atoms with Gasteiger partial charge in [-0.25, -0.2) is 0 Å². The predicted octanol–water partition coefficient (Wildman–Crippen LogP) is 5.80. The Morgan fingerprint density at radius 3 is 2.32 bits per heavy atom. The Kier molecular flexibility index (Phi) is 4.12. The molecule has 0 saturated carbocycles. The van der Waals surface area contributed by atoms with Crippen LogP contribution in [0.5, 0.6) is 11.5 Å². The summed E-state index contributed by atoms with van der Waals surface area (Å²) < 4.78 is 6.06. The Hall–Kier alpha value is -2.85. The van der Waals surface area contributed by atoms with Crippen molar-refractivity contribution in [2.45, 2.75) is 10.6 Å². The standard InChI is InChI=1S/C21H16O3S/c22-17-8-6-14(7-9-17)20-12-15-10-18(23)11-16(21(15)24-20)13-25-19-4-2-1-3-5-19/h1-12,22-23H,13H2. The first kappa shape index (κ1) is 15.7. The topological polar surface area (TPSA) is 53.6 Å². The SMILES string of the molecule is Oc1ccc(-c2cc3cc(O)cc(CSc4ccccc4)c3o2)cc1. The van der Waals surface area contributed by atoms with Crippen molar-refractivity contribution < 1.29 is 14.6 Å². The number of benzene rings is 3. The quantitative estimate of drug-likeness (QED) is 0.457. The number of fused-ring (bicyclic) bond motifs is 1. The maximum Gasteiger partial charge on any atom is 0.139 e. The zero-order chi connectivity index (χ0) is 17.2. The average molecular weight is 348 g/mol. The molecule has 124 valence electrons. The molecular formula is C21H16O3S. The first-order valence-electron chi connectivity index (χ1n) is 7.92. The van der Waals surface area contributed by atoms with Crippen molar-refractivity contribution >= 4 is 22.7 Å². The van der Waals surface area contributed by atoms with Crippen LogP contribution in [0.25, 0.3) is 22.3 Å². The minimum Gasteiger partial charge on any atom is -0.508 e. The molecule has 0 spiro atoms. The van der Waals surface area contributed by atoms with Crippen molar-refractivity contribution in [3.8, 4) is 22.8 Å². The van der Waals surface area contributed by atoms with Crippen LogP contribution in [0.4, 0.5) is 0 Å². The minimum absolute atomic E-state index is 0.220. The lowest BCUT2D eigenvalue weighted by atomic mass is 10.1. The van der Waals surface area contributed by atoms with Gasteiger partial charge in [-0.15, -0.1) is 11.8 Å². The highest BCUT2D eigenvalue weighted by Gasteiger charge is 2.12. The Balaban J connectivity index is 1.70. The van der Waals surface area contributed by atoms with E-state index < -0.39 is 0 Å². The molecule has 3 nitrogen and oxygen atoms in total. The lowest BCUT2D eigenvalue weighted by molar-refractivity contribution is 0.474. The van der Waals surface area contributed by atoms with Gasteiger partial charge in [0.05, 0.1) is 0 Å². The second-order valence-electron chi connectivity index (χ2n) is 5.78. The molecule has 1 aromatic heterocycles. The van der Waals surface area contributed by atoms with E-state index in [0.29, 0.717) is 11.5 Å². The van der Waals surface area contributed by atoms with Crippen molar-refractivity contribution in [3.05, 3.63) is 78.4 Å². The van der Waals surface area contributed by atoms with E-state index in [1.807, 2.05) is 36.4 Å². The summed E-state index contributed by atoms with van der Waals surface area (Å²) in [7, 11) is 0. The lowest BCUT2D eigenvalue weighted by Gasteiger charge is -2.04. The highest BCUT2D eigenvalue weighted by molar-refractivity contribution is 7.98. The minimum atomic E-state index is 0.220. The second-order valence-corrected chi connectivity index (χ2v) is 6.83. The van der Waals surface area contributed by atoms with Gasteiger partial charge in [-0.05, 0) is 54.6 Å². The molecule has 0 amide bonds. The maximum atomic E-state index is 10.0. The number of thioether (sulfide) groups is 1. The molecule has 0 atom stereocenters. The molecule has 3 aromatic carbocycles. The maximum absolute atomic E-state index is 10.0. The fourth-order valence-electron chi connectivity index (χ4n) is 2.76. The van der Waals surface area contributed by atoms with Crippen LogP contribution in [-0.2, 0) is 5.75 Å². The summed E-state index contributed by atoms with van der Waals surface area (Å²) in [6.07, 6.45) is 0. The molecule has 0 radical (unpaired) electrons. The van der Waals surface area contributed by atoms with E-state index >= 15 is 0 Å². The van der Waals surface area contributed by atoms with Crippen LogP contribution in [0.1, 0.15) is 5.56 Å².